The van der Waals surface area contributed by atoms with Crippen LogP contribution in [0, 0.1) is 10.5 Å². The Hall–Kier alpha value is -2.59. The first-order valence-corrected chi connectivity index (χ1v) is 11.6. The number of benzene rings is 3. The van der Waals surface area contributed by atoms with Gasteiger partial charge in [-0.1, -0.05) is 24.3 Å². The van der Waals surface area contributed by atoms with E-state index in [2.05, 4.69) is 27.9 Å². The highest BCUT2D eigenvalue weighted by Crippen LogP contribution is 2.27. The van der Waals surface area contributed by atoms with E-state index in [4.69, 9.17) is 4.74 Å². The Kier molecular flexibility index (Phi) is 6.99. The molecule has 3 rings (SSSR count). The smallest absolute Gasteiger partial charge is 0.264 e. The van der Waals surface area contributed by atoms with Crippen molar-refractivity contribution in [2.75, 3.05) is 23.3 Å². The molecule has 0 saturated carbocycles. The summed E-state index contributed by atoms with van der Waals surface area (Å²) in [6.45, 7) is 1.51. The summed E-state index contributed by atoms with van der Waals surface area (Å²) in [6, 6.07) is 20.3. The van der Waals surface area contributed by atoms with E-state index in [0.717, 1.165) is 13.4 Å². The average molecular weight is 536 g/mol. The van der Waals surface area contributed by atoms with Crippen LogP contribution in [0.1, 0.15) is 5.56 Å². The van der Waals surface area contributed by atoms with Gasteiger partial charge in [0.05, 0.1) is 17.7 Å². The van der Waals surface area contributed by atoms with Crippen LogP contribution in [0.2, 0.25) is 0 Å². The van der Waals surface area contributed by atoms with E-state index < -0.39 is 15.9 Å². The SMILES string of the molecule is COc1cccc(N(CC(=O)Nc2ccc(I)cc2C)S(=O)(=O)c2ccccc2)c1. The Morgan fingerprint density at radius 1 is 1.03 bits per heavy atom. The molecule has 30 heavy (non-hydrogen) atoms. The number of amides is 1. The number of ether oxygens (including phenoxy) is 1. The van der Waals surface area contributed by atoms with E-state index in [0.29, 0.717) is 17.1 Å². The zero-order valence-corrected chi connectivity index (χ0v) is 19.5. The highest BCUT2D eigenvalue weighted by atomic mass is 127. The number of rotatable bonds is 7. The van der Waals surface area contributed by atoms with Crippen molar-refractivity contribution >= 4 is 49.9 Å². The van der Waals surface area contributed by atoms with Gasteiger partial charge >= 0.3 is 0 Å². The number of hydrogen-bond acceptors (Lipinski definition) is 4. The van der Waals surface area contributed by atoms with Gasteiger partial charge in [0.2, 0.25) is 5.91 Å². The molecule has 6 nitrogen and oxygen atoms in total. The summed E-state index contributed by atoms with van der Waals surface area (Å²) in [5.41, 5.74) is 1.88. The molecule has 1 N–H and O–H groups in total. The monoisotopic (exact) mass is 536 g/mol. The van der Waals surface area contributed by atoms with Crippen LogP contribution in [-0.2, 0) is 14.8 Å². The van der Waals surface area contributed by atoms with Gasteiger partial charge in [0.1, 0.15) is 12.3 Å². The van der Waals surface area contributed by atoms with Crippen LogP contribution >= 0.6 is 22.6 Å². The molecular formula is C22H21IN2O4S. The van der Waals surface area contributed by atoms with Crippen molar-refractivity contribution in [2.45, 2.75) is 11.8 Å². The fourth-order valence-electron chi connectivity index (χ4n) is 2.89. The van der Waals surface area contributed by atoms with Crippen molar-refractivity contribution in [1.29, 1.82) is 0 Å². The van der Waals surface area contributed by atoms with E-state index in [1.165, 1.54) is 19.2 Å². The summed E-state index contributed by atoms with van der Waals surface area (Å²) in [6.07, 6.45) is 0. The van der Waals surface area contributed by atoms with Crippen LogP contribution in [0.4, 0.5) is 11.4 Å². The van der Waals surface area contributed by atoms with E-state index in [-0.39, 0.29) is 11.4 Å². The Labute approximate surface area is 190 Å². The van der Waals surface area contributed by atoms with Gasteiger partial charge < -0.3 is 10.1 Å². The van der Waals surface area contributed by atoms with Gasteiger partial charge in [-0.3, -0.25) is 9.10 Å². The quantitative estimate of drug-likeness (QED) is 0.453. The van der Waals surface area contributed by atoms with Gasteiger partial charge in [0, 0.05) is 15.3 Å². The van der Waals surface area contributed by atoms with E-state index in [1.54, 1.807) is 48.5 Å². The zero-order chi connectivity index (χ0) is 21.7. The van der Waals surface area contributed by atoms with Crippen molar-refractivity contribution in [3.63, 3.8) is 0 Å². The fourth-order valence-corrected chi connectivity index (χ4v) is 4.97. The van der Waals surface area contributed by atoms with E-state index in [9.17, 15) is 13.2 Å². The molecule has 0 atom stereocenters. The molecule has 0 radical (unpaired) electrons. The third-order valence-electron chi connectivity index (χ3n) is 4.42. The lowest BCUT2D eigenvalue weighted by Gasteiger charge is -2.24. The molecule has 0 spiro atoms. The first-order chi connectivity index (χ1) is 14.3. The van der Waals surface area contributed by atoms with Crippen LogP contribution in [0.25, 0.3) is 0 Å². The maximum absolute atomic E-state index is 13.3. The van der Waals surface area contributed by atoms with E-state index >= 15 is 0 Å². The third kappa shape index (κ3) is 5.11. The topological polar surface area (TPSA) is 75.7 Å². The minimum absolute atomic E-state index is 0.103. The first kappa shape index (κ1) is 22.1. The van der Waals surface area contributed by atoms with Crippen molar-refractivity contribution < 1.29 is 17.9 Å². The minimum Gasteiger partial charge on any atom is -0.497 e. The maximum Gasteiger partial charge on any atom is 0.264 e. The van der Waals surface area contributed by atoms with Crippen molar-refractivity contribution in [2.24, 2.45) is 0 Å². The summed E-state index contributed by atoms with van der Waals surface area (Å²) in [5.74, 6) is 0.0521. The molecule has 0 aromatic heterocycles. The molecule has 0 saturated heterocycles. The number of hydrogen-bond donors (Lipinski definition) is 1. The number of anilines is 2. The fraction of sp³-hybridized carbons (Fsp3) is 0.136. The molecule has 0 fully saturated rings. The lowest BCUT2D eigenvalue weighted by Crippen LogP contribution is -2.38. The molecule has 8 heteroatoms. The van der Waals surface area contributed by atoms with Crippen molar-refractivity contribution in [1.82, 2.24) is 0 Å². The number of halogens is 1. The number of sulfonamides is 1. The largest absolute Gasteiger partial charge is 0.497 e. The summed E-state index contributed by atoms with van der Waals surface area (Å²) < 4.78 is 34.0. The molecule has 3 aromatic rings. The minimum atomic E-state index is -3.97. The predicted molar refractivity (Wildman–Crippen MR) is 126 cm³/mol. The summed E-state index contributed by atoms with van der Waals surface area (Å²) in [5, 5.41) is 2.81. The highest BCUT2D eigenvalue weighted by Gasteiger charge is 2.27. The molecule has 0 aliphatic rings. The number of methoxy groups -OCH3 is 1. The molecule has 0 bridgehead atoms. The zero-order valence-electron chi connectivity index (χ0n) is 16.5. The molecule has 1 amide bonds. The summed E-state index contributed by atoms with van der Waals surface area (Å²) in [7, 11) is -2.47. The Bertz CT molecular complexity index is 1150. The normalized spacial score (nSPS) is 11.0. The van der Waals surface area contributed by atoms with Crippen molar-refractivity contribution in [3.05, 3.63) is 81.9 Å². The first-order valence-electron chi connectivity index (χ1n) is 9.09. The standard InChI is InChI=1S/C22H21IN2O4S/c1-16-13-17(23)11-12-21(16)24-22(26)15-25(18-7-6-8-19(14-18)29-2)30(27,28)20-9-4-3-5-10-20/h3-14H,15H2,1-2H3,(H,24,26). The average Bonchev–Trinajstić information content (AvgIpc) is 2.74. The molecule has 3 aromatic carbocycles. The maximum atomic E-state index is 13.3. The van der Waals surface area contributed by atoms with Crippen LogP contribution < -0.4 is 14.4 Å². The van der Waals surface area contributed by atoms with Gasteiger partial charge in [-0.2, -0.15) is 0 Å². The lowest BCUT2D eigenvalue weighted by atomic mass is 10.2. The molecular weight excluding hydrogens is 515 g/mol. The van der Waals surface area contributed by atoms with Crippen LogP contribution in [-0.4, -0.2) is 28.0 Å². The Balaban J connectivity index is 1.96. The van der Waals surface area contributed by atoms with Crippen molar-refractivity contribution in [3.8, 4) is 5.75 Å². The molecule has 0 aliphatic heterocycles. The highest BCUT2D eigenvalue weighted by molar-refractivity contribution is 14.1. The van der Waals surface area contributed by atoms with Gasteiger partial charge in [0.25, 0.3) is 10.0 Å². The number of carbonyl (C=O) groups is 1. The molecule has 0 unspecified atom stereocenters. The second kappa shape index (κ2) is 9.48. The Morgan fingerprint density at radius 2 is 1.77 bits per heavy atom. The molecule has 156 valence electrons. The molecule has 0 aliphatic carbocycles. The molecule has 0 heterocycles. The summed E-state index contributed by atoms with van der Waals surface area (Å²) >= 11 is 2.19. The second-order valence-electron chi connectivity index (χ2n) is 6.53. The number of nitrogens with one attached hydrogen (secondary N) is 1. The Morgan fingerprint density at radius 3 is 2.43 bits per heavy atom. The van der Waals surface area contributed by atoms with Gasteiger partial charge in [-0.25, -0.2) is 8.42 Å². The van der Waals surface area contributed by atoms with Crippen LogP contribution in [0.3, 0.4) is 0 Å². The predicted octanol–water partition coefficient (Wildman–Crippen LogP) is 4.44. The number of aryl methyl sites for hydroxylation is 1. The number of nitrogens with zero attached hydrogens (tertiary/aromatic N) is 1. The third-order valence-corrected chi connectivity index (χ3v) is 6.88. The number of carbonyl (C=O) groups excluding carboxylic acids is 1. The van der Waals surface area contributed by atoms with Crippen LogP contribution in [0.15, 0.2) is 77.7 Å². The van der Waals surface area contributed by atoms with Crippen LogP contribution in [0.5, 0.6) is 5.75 Å². The summed E-state index contributed by atoms with van der Waals surface area (Å²) in [4.78, 5) is 12.9. The van der Waals surface area contributed by atoms with Gasteiger partial charge in [-0.15, -0.1) is 0 Å². The van der Waals surface area contributed by atoms with Gasteiger partial charge in [-0.05, 0) is 77.5 Å². The van der Waals surface area contributed by atoms with E-state index in [1.807, 2.05) is 19.1 Å². The second-order valence-corrected chi connectivity index (χ2v) is 9.64. The van der Waals surface area contributed by atoms with Gasteiger partial charge in [0.15, 0.2) is 0 Å². The lowest BCUT2D eigenvalue weighted by molar-refractivity contribution is -0.114.